The first-order valence-corrected chi connectivity index (χ1v) is 16.0. The number of carbonyl (C=O) groups excluding carboxylic acids is 3. The molecule has 2 aromatic rings. The quantitative estimate of drug-likeness (QED) is 0.150. The Morgan fingerprint density at radius 1 is 1.02 bits per heavy atom. The van der Waals surface area contributed by atoms with E-state index in [0.717, 1.165) is 37.7 Å². The molecule has 46 heavy (non-hydrogen) atoms. The van der Waals surface area contributed by atoms with Crippen molar-refractivity contribution in [1.82, 2.24) is 25.5 Å². The molecule has 0 unspecified atom stereocenters. The second-order valence-corrected chi connectivity index (χ2v) is 13.2. The van der Waals surface area contributed by atoms with Gasteiger partial charge in [-0.2, -0.15) is 0 Å². The number of ether oxygens (including phenoxy) is 1. The molecule has 0 aliphatic heterocycles. The van der Waals surface area contributed by atoms with E-state index in [0.29, 0.717) is 12.1 Å². The molecular formula is C33H51N5O8. The average Bonchev–Trinajstić information content (AvgIpc) is 3.54. The van der Waals surface area contributed by atoms with Crippen molar-refractivity contribution in [3.63, 3.8) is 0 Å². The number of aliphatic hydroxyl groups excluding tert-OH is 4. The summed E-state index contributed by atoms with van der Waals surface area (Å²) in [6.45, 7) is 4.37. The Labute approximate surface area is 270 Å². The topological polar surface area (TPSA) is 197 Å². The summed E-state index contributed by atoms with van der Waals surface area (Å²) >= 11 is 0. The lowest BCUT2D eigenvalue weighted by Crippen LogP contribution is -2.59. The smallest absolute Gasteiger partial charge is 0.408 e. The molecule has 1 aromatic carbocycles. The minimum absolute atomic E-state index is 0.0344. The maximum atomic E-state index is 14.1. The maximum absolute atomic E-state index is 14.1. The van der Waals surface area contributed by atoms with Gasteiger partial charge in [-0.15, -0.1) is 0 Å². The number of aromatic nitrogens is 2. The summed E-state index contributed by atoms with van der Waals surface area (Å²) in [5.74, 6) is -0.980. The van der Waals surface area contributed by atoms with Crippen LogP contribution in [0.1, 0.15) is 70.6 Å². The molecule has 7 N–H and O–H groups in total. The molecule has 0 radical (unpaired) electrons. The number of likely N-dealkylation sites (N-methyl/N-ethyl adjacent to an activating group) is 1. The lowest BCUT2D eigenvalue weighted by molar-refractivity contribution is -0.142. The van der Waals surface area contributed by atoms with Gasteiger partial charge >= 0.3 is 6.09 Å². The fraction of sp³-hybridized carbons (Fsp3) is 0.636. The molecule has 0 spiro atoms. The number of nitrogens with one attached hydrogen (secondary N) is 3. The number of alkyl carbamates (subject to hydrolysis) is 1. The molecule has 256 valence electrons. The second-order valence-electron chi connectivity index (χ2n) is 13.2. The molecule has 6 atom stereocenters. The third kappa shape index (κ3) is 11.4. The van der Waals surface area contributed by atoms with E-state index in [2.05, 4.69) is 20.6 Å². The van der Waals surface area contributed by atoms with Crippen molar-refractivity contribution >= 4 is 17.9 Å². The highest BCUT2D eigenvalue weighted by atomic mass is 16.6. The van der Waals surface area contributed by atoms with E-state index in [1.165, 1.54) is 24.5 Å². The normalized spacial score (nSPS) is 18.0. The monoisotopic (exact) mass is 645 g/mol. The summed E-state index contributed by atoms with van der Waals surface area (Å²) in [5.41, 5.74) is 0.549. The first-order valence-electron chi connectivity index (χ1n) is 16.0. The predicted octanol–water partition coefficient (Wildman–Crippen LogP) is 1.45. The van der Waals surface area contributed by atoms with Gasteiger partial charge in [0.1, 0.15) is 36.0 Å². The Balaban J connectivity index is 1.90. The van der Waals surface area contributed by atoms with Crippen molar-refractivity contribution in [1.29, 1.82) is 0 Å². The standard InChI is InChI=1S/C33H51N5O8/c1-33(2,3)46-32(45)37-25(16-22-13-9-6-10-14-22)31(44)38(4)26(17-23-18-34-20-35-23)30(43)36-24(15-21-11-7-5-8-12-21)28(41)29(42)27(40)19-39/h6,9-10,13-14,18,20-21,24-29,39-42H,5,7-8,11-12,15-17,19H2,1-4H3,(H,34,35)(H,36,43)(H,37,45)/t24-,25-,26-,27+,28+,29-/m0/s1. The number of aliphatic hydroxyl groups is 4. The van der Waals surface area contributed by atoms with E-state index in [1.54, 1.807) is 20.8 Å². The Morgan fingerprint density at radius 3 is 2.28 bits per heavy atom. The molecule has 1 aliphatic rings. The molecule has 1 heterocycles. The number of amides is 3. The van der Waals surface area contributed by atoms with E-state index < -0.39 is 66.6 Å². The van der Waals surface area contributed by atoms with Crippen LogP contribution in [0.4, 0.5) is 4.79 Å². The van der Waals surface area contributed by atoms with Crippen LogP contribution in [0.3, 0.4) is 0 Å². The first kappa shape index (κ1) is 36.9. The summed E-state index contributed by atoms with van der Waals surface area (Å²) in [4.78, 5) is 49.2. The number of hydrogen-bond acceptors (Lipinski definition) is 9. The van der Waals surface area contributed by atoms with Gasteiger partial charge in [-0.3, -0.25) is 9.59 Å². The van der Waals surface area contributed by atoms with Crippen molar-refractivity contribution in [2.45, 2.75) is 114 Å². The van der Waals surface area contributed by atoms with Gasteiger partial charge in [0.25, 0.3) is 0 Å². The van der Waals surface area contributed by atoms with Gasteiger partial charge in [0, 0.05) is 31.8 Å². The number of aromatic amines is 1. The van der Waals surface area contributed by atoms with Crippen LogP contribution in [0, 0.1) is 5.92 Å². The molecule has 1 saturated carbocycles. The number of nitrogens with zero attached hydrogens (tertiary/aromatic N) is 2. The van der Waals surface area contributed by atoms with Crippen LogP contribution in [0.5, 0.6) is 0 Å². The first-order chi connectivity index (χ1) is 21.8. The molecule has 13 nitrogen and oxygen atoms in total. The van der Waals surface area contributed by atoms with Gasteiger partial charge in [0.2, 0.25) is 11.8 Å². The van der Waals surface area contributed by atoms with Gasteiger partial charge in [0.05, 0.1) is 19.0 Å². The van der Waals surface area contributed by atoms with E-state index in [-0.39, 0.29) is 18.8 Å². The summed E-state index contributed by atoms with van der Waals surface area (Å²) in [5, 5.41) is 46.7. The number of hydrogen-bond donors (Lipinski definition) is 7. The van der Waals surface area contributed by atoms with Crippen molar-refractivity contribution in [2.24, 2.45) is 5.92 Å². The molecule has 3 rings (SSSR count). The lowest BCUT2D eigenvalue weighted by Gasteiger charge is -2.36. The van der Waals surface area contributed by atoms with Gasteiger partial charge in [0.15, 0.2) is 0 Å². The van der Waals surface area contributed by atoms with Crippen molar-refractivity contribution in [2.75, 3.05) is 13.7 Å². The molecule has 1 fully saturated rings. The third-order valence-electron chi connectivity index (χ3n) is 8.34. The number of H-pyrrole nitrogens is 1. The lowest BCUT2D eigenvalue weighted by atomic mass is 9.82. The van der Waals surface area contributed by atoms with Crippen LogP contribution < -0.4 is 10.6 Å². The van der Waals surface area contributed by atoms with Gasteiger partial charge < -0.3 is 45.7 Å². The van der Waals surface area contributed by atoms with Crippen molar-refractivity contribution in [3.05, 3.63) is 54.1 Å². The van der Waals surface area contributed by atoms with Crippen LogP contribution in [-0.2, 0) is 27.2 Å². The fourth-order valence-corrected chi connectivity index (χ4v) is 5.83. The predicted molar refractivity (Wildman–Crippen MR) is 170 cm³/mol. The van der Waals surface area contributed by atoms with Crippen molar-refractivity contribution in [3.8, 4) is 0 Å². The van der Waals surface area contributed by atoms with E-state index in [4.69, 9.17) is 4.74 Å². The van der Waals surface area contributed by atoms with Gasteiger partial charge in [-0.1, -0.05) is 62.4 Å². The second kappa shape index (κ2) is 17.4. The van der Waals surface area contributed by atoms with Crippen LogP contribution in [-0.4, -0.2) is 109 Å². The summed E-state index contributed by atoms with van der Waals surface area (Å²) in [6, 6.07) is 5.97. The van der Waals surface area contributed by atoms with Crippen molar-refractivity contribution < 1.29 is 39.5 Å². The summed E-state index contributed by atoms with van der Waals surface area (Å²) < 4.78 is 5.43. The van der Waals surface area contributed by atoms with Crippen LogP contribution in [0.15, 0.2) is 42.9 Å². The molecular weight excluding hydrogens is 594 g/mol. The highest BCUT2D eigenvalue weighted by Crippen LogP contribution is 2.29. The summed E-state index contributed by atoms with van der Waals surface area (Å²) in [7, 11) is 1.47. The zero-order chi connectivity index (χ0) is 33.9. The van der Waals surface area contributed by atoms with E-state index in [9.17, 15) is 34.8 Å². The minimum Gasteiger partial charge on any atom is -0.444 e. The Bertz CT molecular complexity index is 1220. The third-order valence-corrected chi connectivity index (χ3v) is 8.34. The fourth-order valence-electron chi connectivity index (χ4n) is 5.83. The molecule has 1 aromatic heterocycles. The van der Waals surface area contributed by atoms with Crippen LogP contribution in [0.25, 0.3) is 0 Å². The number of imidazole rings is 1. The van der Waals surface area contributed by atoms with Crippen LogP contribution in [0.2, 0.25) is 0 Å². The molecule has 1 aliphatic carbocycles. The molecule has 3 amide bonds. The van der Waals surface area contributed by atoms with Gasteiger partial charge in [-0.25, -0.2) is 9.78 Å². The zero-order valence-electron chi connectivity index (χ0n) is 27.3. The molecule has 0 bridgehead atoms. The number of benzene rings is 1. The SMILES string of the molecule is CN(C(=O)[C@H](Cc1ccccc1)NC(=O)OC(C)(C)C)[C@@H](Cc1cnc[nH]1)C(=O)N[C@@H](CC1CCCCC1)[C@@H](O)[C@@H](O)[C@H](O)CO. The number of rotatable bonds is 15. The maximum Gasteiger partial charge on any atom is 0.408 e. The Kier molecular flexibility index (Phi) is 14.0. The number of carbonyl (C=O) groups is 3. The minimum atomic E-state index is -1.71. The van der Waals surface area contributed by atoms with Gasteiger partial charge in [-0.05, 0) is 38.7 Å². The average molecular weight is 646 g/mol. The molecule has 0 saturated heterocycles. The van der Waals surface area contributed by atoms with E-state index >= 15 is 0 Å². The Hall–Kier alpha value is -3.52. The molecule has 13 heteroatoms. The highest BCUT2D eigenvalue weighted by Gasteiger charge is 2.38. The van der Waals surface area contributed by atoms with Crippen LogP contribution >= 0.6 is 0 Å². The summed E-state index contributed by atoms with van der Waals surface area (Å²) in [6.07, 6.45) is 2.73. The van der Waals surface area contributed by atoms with E-state index in [1.807, 2.05) is 30.3 Å². The highest BCUT2D eigenvalue weighted by molar-refractivity contribution is 5.91. The zero-order valence-corrected chi connectivity index (χ0v) is 27.3. The Morgan fingerprint density at radius 2 is 1.70 bits per heavy atom. The largest absolute Gasteiger partial charge is 0.444 e.